The Balaban J connectivity index is 2.04. The second kappa shape index (κ2) is 6.06. The molecule has 0 unspecified atom stereocenters. The molecule has 0 saturated carbocycles. The van der Waals surface area contributed by atoms with Gasteiger partial charge >= 0.3 is 5.97 Å². The maximum atomic E-state index is 12.0. The van der Waals surface area contributed by atoms with E-state index in [1.54, 1.807) is 55.2 Å². The summed E-state index contributed by atoms with van der Waals surface area (Å²) in [6, 6.07) is 6.84. The SMILES string of the molecule is C=CCOc1ccc(OC(=O)c2cn(C)nc2C)cc1. The van der Waals surface area contributed by atoms with Crippen LogP contribution in [0.4, 0.5) is 0 Å². The van der Waals surface area contributed by atoms with Gasteiger partial charge in [0.05, 0.1) is 5.69 Å². The van der Waals surface area contributed by atoms with Gasteiger partial charge in [-0.2, -0.15) is 5.10 Å². The molecular formula is C15H16N2O3. The Morgan fingerprint density at radius 3 is 2.55 bits per heavy atom. The van der Waals surface area contributed by atoms with Crippen molar-refractivity contribution in [3.05, 3.63) is 54.4 Å². The molecule has 104 valence electrons. The zero-order valence-electron chi connectivity index (χ0n) is 11.5. The molecule has 2 rings (SSSR count). The summed E-state index contributed by atoms with van der Waals surface area (Å²) in [5.41, 5.74) is 1.10. The highest BCUT2D eigenvalue weighted by Crippen LogP contribution is 2.19. The zero-order valence-corrected chi connectivity index (χ0v) is 11.5. The van der Waals surface area contributed by atoms with Crippen LogP contribution in [0.1, 0.15) is 16.1 Å². The summed E-state index contributed by atoms with van der Waals surface area (Å²) in [5, 5.41) is 4.11. The Labute approximate surface area is 117 Å². The summed E-state index contributed by atoms with van der Waals surface area (Å²) in [6.07, 6.45) is 3.30. The van der Waals surface area contributed by atoms with Crippen molar-refractivity contribution in [2.75, 3.05) is 6.61 Å². The number of aromatic nitrogens is 2. The number of carbonyl (C=O) groups excluding carboxylic acids is 1. The molecule has 0 saturated heterocycles. The van der Waals surface area contributed by atoms with Gasteiger partial charge in [0, 0.05) is 13.2 Å². The van der Waals surface area contributed by atoms with Gasteiger partial charge < -0.3 is 9.47 Å². The predicted octanol–water partition coefficient (Wildman–Crippen LogP) is 2.51. The normalized spacial score (nSPS) is 10.1. The van der Waals surface area contributed by atoms with E-state index in [2.05, 4.69) is 11.7 Å². The lowest BCUT2D eigenvalue weighted by molar-refractivity contribution is 0.0734. The summed E-state index contributed by atoms with van der Waals surface area (Å²) in [6.45, 7) is 5.78. The molecule has 1 aromatic heterocycles. The third-order valence-electron chi connectivity index (χ3n) is 2.64. The van der Waals surface area contributed by atoms with E-state index in [0.717, 1.165) is 0 Å². The van der Waals surface area contributed by atoms with Crippen molar-refractivity contribution in [2.24, 2.45) is 7.05 Å². The molecular weight excluding hydrogens is 256 g/mol. The van der Waals surface area contributed by atoms with Gasteiger partial charge in [-0.05, 0) is 31.2 Å². The molecule has 0 bridgehead atoms. The van der Waals surface area contributed by atoms with Crippen LogP contribution >= 0.6 is 0 Å². The highest BCUT2D eigenvalue weighted by atomic mass is 16.5. The van der Waals surface area contributed by atoms with E-state index in [4.69, 9.17) is 9.47 Å². The van der Waals surface area contributed by atoms with Crippen molar-refractivity contribution < 1.29 is 14.3 Å². The molecule has 5 nitrogen and oxygen atoms in total. The number of aryl methyl sites for hydroxylation is 2. The quantitative estimate of drug-likeness (QED) is 0.477. The Morgan fingerprint density at radius 1 is 1.35 bits per heavy atom. The number of hydrogen-bond acceptors (Lipinski definition) is 4. The third-order valence-corrected chi connectivity index (χ3v) is 2.64. The molecule has 5 heteroatoms. The van der Waals surface area contributed by atoms with Gasteiger partial charge in [0.15, 0.2) is 0 Å². The maximum Gasteiger partial charge on any atom is 0.347 e. The van der Waals surface area contributed by atoms with Crippen LogP contribution < -0.4 is 9.47 Å². The molecule has 20 heavy (non-hydrogen) atoms. The van der Waals surface area contributed by atoms with E-state index in [9.17, 15) is 4.79 Å². The lowest BCUT2D eigenvalue weighted by Gasteiger charge is -2.05. The molecule has 1 heterocycles. The van der Waals surface area contributed by atoms with Gasteiger partial charge in [-0.1, -0.05) is 12.7 Å². The van der Waals surface area contributed by atoms with Crippen LogP contribution in [-0.4, -0.2) is 22.4 Å². The summed E-state index contributed by atoms with van der Waals surface area (Å²) in [4.78, 5) is 12.0. The second-order valence-corrected chi connectivity index (χ2v) is 4.26. The fraction of sp³-hybridized carbons (Fsp3) is 0.200. The van der Waals surface area contributed by atoms with Crippen LogP contribution in [0.15, 0.2) is 43.1 Å². The first-order valence-electron chi connectivity index (χ1n) is 6.16. The zero-order chi connectivity index (χ0) is 14.5. The highest BCUT2D eigenvalue weighted by molar-refractivity contribution is 5.91. The van der Waals surface area contributed by atoms with Crippen LogP contribution in [0.3, 0.4) is 0 Å². The van der Waals surface area contributed by atoms with Crippen molar-refractivity contribution in [2.45, 2.75) is 6.92 Å². The van der Waals surface area contributed by atoms with E-state index in [0.29, 0.717) is 29.4 Å². The van der Waals surface area contributed by atoms with Crippen LogP contribution in [0.25, 0.3) is 0 Å². The van der Waals surface area contributed by atoms with Gasteiger partial charge in [0.25, 0.3) is 0 Å². The van der Waals surface area contributed by atoms with E-state index in [1.807, 2.05) is 0 Å². The molecule has 0 aliphatic rings. The van der Waals surface area contributed by atoms with Gasteiger partial charge in [0.2, 0.25) is 0 Å². The van der Waals surface area contributed by atoms with E-state index < -0.39 is 5.97 Å². The highest BCUT2D eigenvalue weighted by Gasteiger charge is 2.14. The van der Waals surface area contributed by atoms with Gasteiger partial charge in [0.1, 0.15) is 23.7 Å². The first kappa shape index (κ1) is 13.9. The largest absolute Gasteiger partial charge is 0.490 e. The number of benzene rings is 1. The Hall–Kier alpha value is -2.56. The average molecular weight is 272 g/mol. The number of nitrogens with zero attached hydrogens (tertiary/aromatic N) is 2. The van der Waals surface area contributed by atoms with Crippen LogP contribution in [0.2, 0.25) is 0 Å². The molecule has 0 fully saturated rings. The summed E-state index contributed by atoms with van der Waals surface area (Å²) in [7, 11) is 1.76. The molecule has 0 atom stereocenters. The molecule has 0 N–H and O–H groups in total. The monoisotopic (exact) mass is 272 g/mol. The minimum Gasteiger partial charge on any atom is -0.490 e. The molecule has 0 aliphatic carbocycles. The maximum absolute atomic E-state index is 12.0. The number of esters is 1. The lowest BCUT2D eigenvalue weighted by atomic mass is 10.2. The number of carbonyl (C=O) groups is 1. The fourth-order valence-corrected chi connectivity index (χ4v) is 1.72. The minimum atomic E-state index is -0.421. The lowest BCUT2D eigenvalue weighted by Crippen LogP contribution is -2.09. The number of ether oxygens (including phenoxy) is 2. The smallest absolute Gasteiger partial charge is 0.347 e. The summed E-state index contributed by atoms with van der Waals surface area (Å²) < 4.78 is 12.2. The minimum absolute atomic E-state index is 0.421. The van der Waals surface area contributed by atoms with Crippen molar-refractivity contribution in [3.8, 4) is 11.5 Å². The molecule has 0 radical (unpaired) electrons. The topological polar surface area (TPSA) is 53.4 Å². The van der Waals surface area contributed by atoms with E-state index >= 15 is 0 Å². The van der Waals surface area contributed by atoms with Crippen molar-refractivity contribution >= 4 is 5.97 Å². The van der Waals surface area contributed by atoms with Crippen molar-refractivity contribution in [3.63, 3.8) is 0 Å². The summed E-state index contributed by atoms with van der Waals surface area (Å²) in [5.74, 6) is 0.738. The Bertz CT molecular complexity index is 615. The van der Waals surface area contributed by atoms with Gasteiger partial charge in [-0.15, -0.1) is 0 Å². The average Bonchev–Trinajstić information content (AvgIpc) is 2.77. The predicted molar refractivity (Wildman–Crippen MR) is 75.0 cm³/mol. The molecule has 0 aliphatic heterocycles. The van der Waals surface area contributed by atoms with Crippen LogP contribution in [0.5, 0.6) is 11.5 Å². The number of hydrogen-bond donors (Lipinski definition) is 0. The number of rotatable bonds is 5. The third kappa shape index (κ3) is 3.26. The van der Waals surface area contributed by atoms with Crippen molar-refractivity contribution in [1.82, 2.24) is 9.78 Å². The van der Waals surface area contributed by atoms with Gasteiger partial charge in [-0.3, -0.25) is 4.68 Å². The Morgan fingerprint density at radius 2 is 2.00 bits per heavy atom. The first-order valence-corrected chi connectivity index (χ1v) is 6.16. The molecule has 0 amide bonds. The molecule has 1 aromatic carbocycles. The van der Waals surface area contributed by atoms with Gasteiger partial charge in [-0.25, -0.2) is 4.79 Å². The standard InChI is InChI=1S/C15H16N2O3/c1-4-9-19-12-5-7-13(8-6-12)20-15(18)14-10-17(3)16-11(14)2/h4-8,10H,1,9H2,2-3H3. The Kier molecular flexibility index (Phi) is 4.20. The van der Waals surface area contributed by atoms with E-state index in [-0.39, 0.29) is 0 Å². The van der Waals surface area contributed by atoms with Crippen LogP contribution in [-0.2, 0) is 7.05 Å². The van der Waals surface area contributed by atoms with E-state index in [1.165, 1.54) is 0 Å². The van der Waals surface area contributed by atoms with Crippen molar-refractivity contribution in [1.29, 1.82) is 0 Å². The fourth-order valence-electron chi connectivity index (χ4n) is 1.72. The second-order valence-electron chi connectivity index (χ2n) is 4.26. The first-order chi connectivity index (χ1) is 9.60. The summed E-state index contributed by atoms with van der Waals surface area (Å²) >= 11 is 0. The molecule has 0 spiro atoms. The van der Waals surface area contributed by atoms with Crippen LogP contribution in [0, 0.1) is 6.92 Å². The molecule has 2 aromatic rings.